The zero-order valence-electron chi connectivity index (χ0n) is 11.5. The monoisotopic (exact) mass is 266 g/mol. The molecule has 4 heteroatoms. The molecular weight excluding hydrogens is 243 g/mol. The third-order valence-electron chi connectivity index (χ3n) is 2.91. The van der Waals surface area contributed by atoms with E-state index in [-0.39, 0.29) is 11.7 Å². The highest BCUT2D eigenvalue weighted by Gasteiger charge is 2.03. The molecule has 0 aromatic heterocycles. The number of hydrogen-bond donors (Lipinski definition) is 2. The van der Waals surface area contributed by atoms with Crippen LogP contribution in [-0.4, -0.2) is 25.5 Å². The number of carbonyl (C=O) groups is 1. The minimum Gasteiger partial charge on any atom is -0.356 e. The molecular formula is C15H23FN2O. The first kappa shape index (κ1) is 15.6. The van der Waals surface area contributed by atoms with Gasteiger partial charge in [-0.15, -0.1) is 0 Å². The second-order valence-corrected chi connectivity index (χ2v) is 4.54. The lowest BCUT2D eigenvalue weighted by atomic mass is 10.1. The highest BCUT2D eigenvalue weighted by molar-refractivity contribution is 5.76. The molecule has 0 heterocycles. The van der Waals surface area contributed by atoms with Crippen LogP contribution in [0.2, 0.25) is 0 Å². The maximum Gasteiger partial charge on any atom is 0.221 e. The molecule has 0 saturated carbocycles. The minimum atomic E-state index is -0.210. The quantitative estimate of drug-likeness (QED) is 0.673. The number of nitrogens with one attached hydrogen (secondary N) is 2. The number of benzene rings is 1. The van der Waals surface area contributed by atoms with E-state index in [0.717, 1.165) is 19.4 Å². The summed E-state index contributed by atoms with van der Waals surface area (Å²) in [5.41, 5.74) is 0.642. The molecule has 106 valence electrons. The van der Waals surface area contributed by atoms with Crippen LogP contribution in [0.5, 0.6) is 0 Å². The van der Waals surface area contributed by atoms with Crippen LogP contribution in [0.4, 0.5) is 4.39 Å². The minimum absolute atomic E-state index is 0.0142. The Morgan fingerprint density at radius 1 is 1.21 bits per heavy atom. The van der Waals surface area contributed by atoms with E-state index in [1.807, 2.05) is 0 Å². The van der Waals surface area contributed by atoms with Gasteiger partial charge in [0, 0.05) is 19.5 Å². The molecule has 19 heavy (non-hydrogen) atoms. The lowest BCUT2D eigenvalue weighted by Crippen LogP contribution is -2.29. The van der Waals surface area contributed by atoms with E-state index < -0.39 is 0 Å². The Labute approximate surface area is 114 Å². The zero-order valence-corrected chi connectivity index (χ0v) is 11.5. The van der Waals surface area contributed by atoms with Gasteiger partial charge in [-0.25, -0.2) is 4.39 Å². The van der Waals surface area contributed by atoms with Gasteiger partial charge in [0.15, 0.2) is 0 Å². The molecule has 1 aromatic rings. The summed E-state index contributed by atoms with van der Waals surface area (Å²) < 4.78 is 13.3. The summed E-state index contributed by atoms with van der Waals surface area (Å²) in [4.78, 5) is 11.5. The zero-order chi connectivity index (χ0) is 13.9. The molecule has 0 radical (unpaired) electrons. The first-order valence-corrected chi connectivity index (χ1v) is 6.95. The van der Waals surface area contributed by atoms with Crippen molar-refractivity contribution < 1.29 is 9.18 Å². The Morgan fingerprint density at radius 2 is 2.00 bits per heavy atom. The van der Waals surface area contributed by atoms with Crippen molar-refractivity contribution in [2.45, 2.75) is 32.6 Å². The lowest BCUT2D eigenvalue weighted by Gasteiger charge is -2.07. The van der Waals surface area contributed by atoms with Crippen molar-refractivity contribution in [3.63, 3.8) is 0 Å². The number of hydrogen-bond acceptors (Lipinski definition) is 2. The molecule has 0 atom stereocenters. The second-order valence-electron chi connectivity index (χ2n) is 4.54. The predicted molar refractivity (Wildman–Crippen MR) is 75.5 cm³/mol. The summed E-state index contributed by atoms with van der Waals surface area (Å²) in [7, 11) is 0. The van der Waals surface area contributed by atoms with Gasteiger partial charge in [-0.3, -0.25) is 4.79 Å². The molecule has 0 saturated heterocycles. The van der Waals surface area contributed by atoms with Crippen molar-refractivity contribution in [1.29, 1.82) is 0 Å². The number of halogens is 1. The average Bonchev–Trinajstić information content (AvgIpc) is 2.41. The van der Waals surface area contributed by atoms with Gasteiger partial charge in [0.2, 0.25) is 5.91 Å². The fourth-order valence-electron chi connectivity index (χ4n) is 1.75. The van der Waals surface area contributed by atoms with E-state index in [1.54, 1.807) is 18.2 Å². The Hall–Kier alpha value is -1.42. The molecule has 0 aliphatic carbocycles. The molecule has 3 nitrogen and oxygen atoms in total. The van der Waals surface area contributed by atoms with Gasteiger partial charge in [0.25, 0.3) is 0 Å². The number of amides is 1. The van der Waals surface area contributed by atoms with Crippen LogP contribution in [0.15, 0.2) is 24.3 Å². The Bertz CT molecular complexity index is 382. The summed E-state index contributed by atoms with van der Waals surface area (Å²) in [6.07, 6.45) is 3.29. The maximum atomic E-state index is 13.3. The van der Waals surface area contributed by atoms with Gasteiger partial charge in [0.1, 0.15) is 5.82 Å². The standard InChI is InChI=1S/C15H23FN2O/c1-2-3-10-17-11-9-15(19)18-12-8-13-6-4-5-7-14(13)16/h4-7,17H,2-3,8-12H2,1H3,(H,18,19). The van der Waals surface area contributed by atoms with Crippen molar-refractivity contribution in [3.8, 4) is 0 Å². The van der Waals surface area contributed by atoms with Crippen LogP contribution >= 0.6 is 0 Å². The largest absolute Gasteiger partial charge is 0.356 e. The topological polar surface area (TPSA) is 41.1 Å². The number of unbranched alkanes of at least 4 members (excludes halogenated alkanes) is 1. The van der Waals surface area contributed by atoms with Gasteiger partial charge in [-0.2, -0.15) is 0 Å². The third kappa shape index (κ3) is 6.91. The van der Waals surface area contributed by atoms with E-state index in [2.05, 4.69) is 17.6 Å². The smallest absolute Gasteiger partial charge is 0.221 e. The molecule has 1 amide bonds. The first-order valence-electron chi connectivity index (χ1n) is 6.95. The summed E-state index contributed by atoms with van der Waals surface area (Å²) >= 11 is 0. The van der Waals surface area contributed by atoms with Crippen molar-refractivity contribution in [2.24, 2.45) is 0 Å². The van der Waals surface area contributed by atoms with Crippen molar-refractivity contribution >= 4 is 5.91 Å². The van der Waals surface area contributed by atoms with E-state index >= 15 is 0 Å². The molecule has 0 unspecified atom stereocenters. The third-order valence-corrected chi connectivity index (χ3v) is 2.91. The van der Waals surface area contributed by atoms with E-state index in [9.17, 15) is 9.18 Å². The Morgan fingerprint density at radius 3 is 2.74 bits per heavy atom. The van der Waals surface area contributed by atoms with E-state index in [1.165, 1.54) is 6.07 Å². The van der Waals surface area contributed by atoms with E-state index in [0.29, 0.717) is 31.5 Å². The van der Waals surface area contributed by atoms with Crippen LogP contribution in [0.1, 0.15) is 31.7 Å². The maximum absolute atomic E-state index is 13.3. The normalized spacial score (nSPS) is 10.4. The lowest BCUT2D eigenvalue weighted by molar-refractivity contribution is -0.120. The summed E-state index contributed by atoms with van der Waals surface area (Å²) in [6.45, 7) is 4.27. The van der Waals surface area contributed by atoms with Gasteiger partial charge in [-0.1, -0.05) is 31.5 Å². The number of carbonyl (C=O) groups excluding carboxylic acids is 1. The SMILES string of the molecule is CCCCNCCC(=O)NCCc1ccccc1F. The average molecular weight is 266 g/mol. The molecule has 1 aromatic carbocycles. The van der Waals surface area contributed by atoms with Crippen molar-refractivity contribution in [1.82, 2.24) is 10.6 Å². The van der Waals surface area contributed by atoms with Crippen LogP contribution in [0.25, 0.3) is 0 Å². The van der Waals surface area contributed by atoms with Gasteiger partial charge in [-0.05, 0) is 31.0 Å². The predicted octanol–water partition coefficient (Wildman–Crippen LogP) is 2.26. The van der Waals surface area contributed by atoms with Crippen molar-refractivity contribution in [3.05, 3.63) is 35.6 Å². The van der Waals surface area contributed by atoms with Crippen LogP contribution in [-0.2, 0) is 11.2 Å². The van der Waals surface area contributed by atoms with Gasteiger partial charge < -0.3 is 10.6 Å². The fraction of sp³-hybridized carbons (Fsp3) is 0.533. The summed E-state index contributed by atoms with van der Waals surface area (Å²) in [5.74, 6) is -0.196. The molecule has 0 spiro atoms. The Kier molecular flexibility index (Phi) is 7.82. The second kappa shape index (κ2) is 9.50. The van der Waals surface area contributed by atoms with E-state index in [4.69, 9.17) is 0 Å². The van der Waals surface area contributed by atoms with Crippen molar-refractivity contribution in [2.75, 3.05) is 19.6 Å². The van der Waals surface area contributed by atoms with Gasteiger partial charge >= 0.3 is 0 Å². The highest BCUT2D eigenvalue weighted by Crippen LogP contribution is 2.06. The molecule has 0 bridgehead atoms. The first-order chi connectivity index (χ1) is 9.24. The van der Waals surface area contributed by atoms with Crippen LogP contribution in [0.3, 0.4) is 0 Å². The highest BCUT2D eigenvalue weighted by atomic mass is 19.1. The Balaban J connectivity index is 2.09. The fourth-order valence-corrected chi connectivity index (χ4v) is 1.75. The van der Waals surface area contributed by atoms with Crippen LogP contribution in [0, 0.1) is 5.82 Å². The molecule has 1 rings (SSSR count). The van der Waals surface area contributed by atoms with Gasteiger partial charge in [0.05, 0.1) is 0 Å². The molecule has 0 fully saturated rings. The van der Waals surface area contributed by atoms with Crippen LogP contribution < -0.4 is 10.6 Å². The summed E-state index contributed by atoms with van der Waals surface area (Å²) in [6, 6.07) is 6.65. The summed E-state index contributed by atoms with van der Waals surface area (Å²) in [5, 5.41) is 6.02. The number of rotatable bonds is 9. The molecule has 0 aliphatic rings. The molecule has 2 N–H and O–H groups in total. The molecule has 0 aliphatic heterocycles.